The van der Waals surface area contributed by atoms with Crippen LogP contribution in [0.25, 0.3) is 0 Å². The van der Waals surface area contributed by atoms with E-state index in [1.807, 2.05) is 41.3 Å². The number of carbonyl (C=O) groups excluding carboxylic acids is 1. The molecular formula is C22H24N2O2. The van der Waals surface area contributed by atoms with Crippen molar-refractivity contribution >= 4 is 5.91 Å². The van der Waals surface area contributed by atoms with Crippen molar-refractivity contribution in [1.82, 2.24) is 4.90 Å². The van der Waals surface area contributed by atoms with Gasteiger partial charge in [-0.05, 0) is 49.4 Å². The van der Waals surface area contributed by atoms with E-state index in [-0.39, 0.29) is 5.91 Å². The highest BCUT2D eigenvalue weighted by Gasteiger charge is 2.27. The fraction of sp³-hybridized carbons (Fsp3) is 0.364. The first-order valence-corrected chi connectivity index (χ1v) is 9.21. The van der Waals surface area contributed by atoms with Crippen molar-refractivity contribution in [2.45, 2.75) is 32.8 Å². The molecule has 0 spiro atoms. The average molecular weight is 348 g/mol. The van der Waals surface area contributed by atoms with E-state index in [4.69, 9.17) is 10.00 Å². The SMILES string of the molecule is CCCN(CC1CC1)C(=O)c1cccc(OCc2ccccc2C#N)c1. The Morgan fingerprint density at radius 3 is 2.77 bits per heavy atom. The molecule has 134 valence electrons. The van der Waals surface area contributed by atoms with Crippen molar-refractivity contribution in [2.24, 2.45) is 5.92 Å². The maximum atomic E-state index is 12.9. The summed E-state index contributed by atoms with van der Waals surface area (Å²) >= 11 is 0. The van der Waals surface area contributed by atoms with Crippen molar-refractivity contribution in [3.63, 3.8) is 0 Å². The van der Waals surface area contributed by atoms with Gasteiger partial charge in [0, 0.05) is 24.2 Å². The Morgan fingerprint density at radius 1 is 1.23 bits per heavy atom. The molecule has 1 saturated carbocycles. The number of nitriles is 1. The summed E-state index contributed by atoms with van der Waals surface area (Å²) in [7, 11) is 0. The van der Waals surface area contributed by atoms with Gasteiger partial charge in [0.2, 0.25) is 0 Å². The normalized spacial score (nSPS) is 13.1. The lowest BCUT2D eigenvalue weighted by molar-refractivity contribution is 0.0747. The summed E-state index contributed by atoms with van der Waals surface area (Å²) in [6, 6.07) is 16.9. The number of hydrogen-bond donors (Lipinski definition) is 0. The highest BCUT2D eigenvalue weighted by molar-refractivity contribution is 5.94. The van der Waals surface area contributed by atoms with Crippen LogP contribution in [0.2, 0.25) is 0 Å². The number of hydrogen-bond acceptors (Lipinski definition) is 3. The van der Waals surface area contributed by atoms with Gasteiger partial charge in [0.15, 0.2) is 0 Å². The molecule has 0 bridgehead atoms. The molecule has 4 nitrogen and oxygen atoms in total. The molecule has 0 saturated heterocycles. The predicted molar refractivity (Wildman–Crippen MR) is 101 cm³/mol. The monoisotopic (exact) mass is 348 g/mol. The van der Waals surface area contributed by atoms with E-state index < -0.39 is 0 Å². The Balaban J connectivity index is 1.69. The van der Waals surface area contributed by atoms with E-state index in [0.717, 1.165) is 25.1 Å². The van der Waals surface area contributed by atoms with Crippen LogP contribution in [-0.4, -0.2) is 23.9 Å². The van der Waals surface area contributed by atoms with Crippen molar-refractivity contribution in [3.05, 3.63) is 65.2 Å². The smallest absolute Gasteiger partial charge is 0.253 e. The molecule has 0 heterocycles. The number of rotatable bonds is 8. The molecule has 3 rings (SSSR count). The van der Waals surface area contributed by atoms with Gasteiger partial charge in [-0.15, -0.1) is 0 Å². The molecule has 0 aliphatic heterocycles. The van der Waals surface area contributed by atoms with Gasteiger partial charge in [-0.3, -0.25) is 4.79 Å². The Labute approximate surface area is 155 Å². The molecule has 0 unspecified atom stereocenters. The second kappa shape index (κ2) is 8.53. The molecule has 26 heavy (non-hydrogen) atoms. The molecule has 1 fully saturated rings. The first kappa shape index (κ1) is 18.0. The maximum Gasteiger partial charge on any atom is 0.253 e. The third kappa shape index (κ3) is 4.64. The van der Waals surface area contributed by atoms with Gasteiger partial charge >= 0.3 is 0 Å². The molecule has 0 N–H and O–H groups in total. The number of nitrogens with zero attached hydrogens (tertiary/aromatic N) is 2. The summed E-state index contributed by atoms with van der Waals surface area (Å²) in [4.78, 5) is 14.8. The molecule has 4 heteroatoms. The van der Waals surface area contributed by atoms with Crippen LogP contribution in [0, 0.1) is 17.2 Å². The third-order valence-electron chi connectivity index (χ3n) is 4.57. The van der Waals surface area contributed by atoms with Gasteiger partial charge in [-0.2, -0.15) is 5.26 Å². The molecule has 0 radical (unpaired) electrons. The number of carbonyl (C=O) groups is 1. The van der Waals surface area contributed by atoms with E-state index in [1.54, 1.807) is 12.1 Å². The van der Waals surface area contributed by atoms with Crippen LogP contribution in [0.3, 0.4) is 0 Å². The van der Waals surface area contributed by atoms with E-state index in [2.05, 4.69) is 13.0 Å². The molecule has 1 amide bonds. The van der Waals surface area contributed by atoms with E-state index in [0.29, 0.717) is 29.4 Å². The van der Waals surface area contributed by atoms with Gasteiger partial charge in [0.05, 0.1) is 11.6 Å². The summed E-state index contributed by atoms with van der Waals surface area (Å²) in [5, 5.41) is 9.17. The van der Waals surface area contributed by atoms with Gasteiger partial charge in [-0.25, -0.2) is 0 Å². The van der Waals surface area contributed by atoms with Crippen molar-refractivity contribution in [2.75, 3.05) is 13.1 Å². The van der Waals surface area contributed by atoms with Crippen LogP contribution in [0.4, 0.5) is 0 Å². The van der Waals surface area contributed by atoms with Crippen LogP contribution < -0.4 is 4.74 Å². The van der Waals surface area contributed by atoms with Gasteiger partial charge < -0.3 is 9.64 Å². The van der Waals surface area contributed by atoms with E-state index >= 15 is 0 Å². The largest absolute Gasteiger partial charge is 0.489 e. The molecule has 1 aliphatic carbocycles. The molecule has 0 aromatic heterocycles. The lowest BCUT2D eigenvalue weighted by Gasteiger charge is -2.22. The van der Waals surface area contributed by atoms with Crippen LogP contribution in [-0.2, 0) is 6.61 Å². The van der Waals surface area contributed by atoms with Crippen molar-refractivity contribution < 1.29 is 9.53 Å². The second-order valence-corrected chi connectivity index (χ2v) is 6.78. The topological polar surface area (TPSA) is 53.3 Å². The summed E-state index contributed by atoms with van der Waals surface area (Å²) in [6.45, 7) is 4.05. The molecule has 1 aliphatic rings. The first-order valence-electron chi connectivity index (χ1n) is 9.21. The van der Waals surface area contributed by atoms with Crippen LogP contribution in [0.1, 0.15) is 47.7 Å². The van der Waals surface area contributed by atoms with Crippen LogP contribution in [0.5, 0.6) is 5.75 Å². The molecule has 0 atom stereocenters. The summed E-state index contributed by atoms with van der Waals surface area (Å²) < 4.78 is 5.84. The maximum absolute atomic E-state index is 12.9. The fourth-order valence-electron chi connectivity index (χ4n) is 2.98. The van der Waals surface area contributed by atoms with Crippen molar-refractivity contribution in [3.8, 4) is 11.8 Å². The summed E-state index contributed by atoms with van der Waals surface area (Å²) in [5.41, 5.74) is 2.11. The molecular weight excluding hydrogens is 324 g/mol. The van der Waals surface area contributed by atoms with Gasteiger partial charge in [0.1, 0.15) is 12.4 Å². The van der Waals surface area contributed by atoms with Gasteiger partial charge in [0.25, 0.3) is 5.91 Å². The van der Waals surface area contributed by atoms with Crippen molar-refractivity contribution in [1.29, 1.82) is 5.26 Å². The van der Waals surface area contributed by atoms with Crippen LogP contribution >= 0.6 is 0 Å². The zero-order valence-corrected chi connectivity index (χ0v) is 15.1. The Bertz CT molecular complexity index is 806. The zero-order chi connectivity index (χ0) is 18.4. The second-order valence-electron chi connectivity index (χ2n) is 6.78. The van der Waals surface area contributed by atoms with Gasteiger partial charge in [-0.1, -0.05) is 31.2 Å². The minimum absolute atomic E-state index is 0.0709. The lowest BCUT2D eigenvalue weighted by Crippen LogP contribution is -2.33. The number of amides is 1. The third-order valence-corrected chi connectivity index (χ3v) is 4.57. The van der Waals surface area contributed by atoms with Crippen LogP contribution in [0.15, 0.2) is 48.5 Å². The predicted octanol–water partition coefficient (Wildman–Crippen LogP) is 4.40. The average Bonchev–Trinajstić information content (AvgIpc) is 3.50. The fourth-order valence-corrected chi connectivity index (χ4v) is 2.98. The lowest BCUT2D eigenvalue weighted by atomic mass is 10.1. The standard InChI is InChI=1S/C22H24N2O2/c1-2-12-24(15-17-10-11-17)22(25)18-8-5-9-21(13-18)26-16-20-7-4-3-6-19(20)14-23/h3-9,13,17H,2,10-12,15-16H2,1H3. The molecule has 2 aromatic rings. The molecule has 2 aromatic carbocycles. The van der Waals surface area contributed by atoms with E-state index in [9.17, 15) is 4.79 Å². The van der Waals surface area contributed by atoms with E-state index in [1.165, 1.54) is 12.8 Å². The number of ether oxygens (including phenoxy) is 1. The Hall–Kier alpha value is -2.80. The first-order chi connectivity index (χ1) is 12.7. The summed E-state index contributed by atoms with van der Waals surface area (Å²) in [6.07, 6.45) is 3.42. The minimum atomic E-state index is 0.0709. The summed E-state index contributed by atoms with van der Waals surface area (Å²) in [5.74, 6) is 1.39. The highest BCUT2D eigenvalue weighted by atomic mass is 16.5. The number of benzene rings is 2. The highest BCUT2D eigenvalue weighted by Crippen LogP contribution is 2.30. The Kier molecular flexibility index (Phi) is 5.91. The Morgan fingerprint density at radius 2 is 2.04 bits per heavy atom. The quantitative estimate of drug-likeness (QED) is 0.710. The zero-order valence-electron chi connectivity index (χ0n) is 15.1. The minimum Gasteiger partial charge on any atom is -0.489 e.